The van der Waals surface area contributed by atoms with Gasteiger partial charge in [-0.3, -0.25) is 9.59 Å². The van der Waals surface area contributed by atoms with Gasteiger partial charge >= 0.3 is 0 Å². The molecule has 5 nitrogen and oxygen atoms in total. The van der Waals surface area contributed by atoms with Crippen LogP contribution in [-0.2, 0) is 4.79 Å². The second kappa shape index (κ2) is 8.41. The van der Waals surface area contributed by atoms with Crippen LogP contribution in [0.5, 0.6) is 0 Å². The summed E-state index contributed by atoms with van der Waals surface area (Å²) in [5.41, 5.74) is 6.09. The fourth-order valence-corrected chi connectivity index (χ4v) is 3.88. The molecule has 0 bridgehead atoms. The molecule has 2 N–H and O–H groups in total. The van der Waals surface area contributed by atoms with Crippen molar-refractivity contribution in [1.29, 1.82) is 0 Å². The maximum absolute atomic E-state index is 12.4. The number of hydrogen-bond acceptors (Lipinski definition) is 4. The number of carbonyl (C=O) groups excluding carboxylic acids is 2. The first-order valence-electron chi connectivity index (χ1n) is 9.46. The minimum absolute atomic E-state index is 0.0228. The number of nitrogens with zero attached hydrogens (tertiary/aromatic N) is 1. The topological polar surface area (TPSA) is 70.6 Å². The summed E-state index contributed by atoms with van der Waals surface area (Å²) in [4.78, 5) is 25.3. The quantitative estimate of drug-likeness (QED) is 0.465. The molecule has 1 heterocycles. The summed E-state index contributed by atoms with van der Waals surface area (Å²) in [6.45, 7) is 1.84. The van der Waals surface area contributed by atoms with Gasteiger partial charge in [0.2, 0.25) is 5.91 Å². The van der Waals surface area contributed by atoms with E-state index in [1.165, 1.54) is 16.9 Å². The van der Waals surface area contributed by atoms with Crippen molar-refractivity contribution in [2.75, 3.05) is 5.32 Å². The number of benzene rings is 2. The summed E-state index contributed by atoms with van der Waals surface area (Å²) < 4.78 is 0. The van der Waals surface area contributed by atoms with Gasteiger partial charge in [0.1, 0.15) is 0 Å². The van der Waals surface area contributed by atoms with E-state index >= 15 is 0 Å². The van der Waals surface area contributed by atoms with E-state index in [4.69, 9.17) is 0 Å². The summed E-state index contributed by atoms with van der Waals surface area (Å²) in [5, 5.41) is 9.01. The van der Waals surface area contributed by atoms with Gasteiger partial charge in [-0.1, -0.05) is 48.5 Å². The van der Waals surface area contributed by atoms with E-state index in [-0.39, 0.29) is 23.7 Å². The Morgan fingerprint density at radius 1 is 1.03 bits per heavy atom. The van der Waals surface area contributed by atoms with Gasteiger partial charge in [-0.25, -0.2) is 5.43 Å². The number of thiophene rings is 1. The molecule has 2 amide bonds. The molecule has 3 aromatic rings. The average molecular weight is 404 g/mol. The van der Waals surface area contributed by atoms with Crippen LogP contribution >= 0.6 is 11.3 Å². The Bertz CT molecular complexity index is 1050. The molecular formula is C23H21N3O2S. The fourth-order valence-electron chi connectivity index (χ4n) is 3.26. The molecule has 4 rings (SSSR count). The number of hydrazone groups is 1. The lowest BCUT2D eigenvalue weighted by Crippen LogP contribution is -2.21. The van der Waals surface area contributed by atoms with E-state index < -0.39 is 0 Å². The first kappa shape index (κ1) is 19.1. The van der Waals surface area contributed by atoms with Gasteiger partial charge in [-0.2, -0.15) is 5.10 Å². The largest absolute Gasteiger partial charge is 0.321 e. The second-order valence-electron chi connectivity index (χ2n) is 7.04. The Labute approximate surface area is 173 Å². The van der Waals surface area contributed by atoms with E-state index in [0.717, 1.165) is 12.0 Å². The third-order valence-electron chi connectivity index (χ3n) is 4.97. The van der Waals surface area contributed by atoms with Crippen molar-refractivity contribution < 1.29 is 9.59 Å². The standard InChI is InChI=1S/C23H21N3O2S/c1-15(25-26-22(27)20-14-19(20)16-7-3-2-4-8-16)17-9-5-10-18(13-17)24-23(28)21-11-6-12-29-21/h2-13,19-20H,14H2,1H3,(H,24,28)(H,26,27)/b25-15-/t19-,20-/m1/s1. The van der Waals surface area contributed by atoms with E-state index in [1.54, 1.807) is 6.07 Å². The normalized spacial score (nSPS) is 18.2. The number of rotatable bonds is 6. The van der Waals surface area contributed by atoms with Crippen LogP contribution in [0.1, 0.15) is 40.1 Å². The molecule has 2 atom stereocenters. The van der Waals surface area contributed by atoms with E-state index in [0.29, 0.717) is 16.3 Å². The van der Waals surface area contributed by atoms with Crippen LogP contribution in [0.2, 0.25) is 0 Å². The Balaban J connectivity index is 1.37. The molecule has 0 radical (unpaired) electrons. The number of amides is 2. The average Bonchev–Trinajstić information content (AvgIpc) is 3.36. The lowest BCUT2D eigenvalue weighted by Gasteiger charge is -2.07. The second-order valence-corrected chi connectivity index (χ2v) is 7.99. The zero-order chi connectivity index (χ0) is 20.2. The van der Waals surface area contributed by atoms with Crippen LogP contribution in [0.15, 0.2) is 77.2 Å². The van der Waals surface area contributed by atoms with Crippen molar-refractivity contribution in [1.82, 2.24) is 5.43 Å². The third kappa shape index (κ3) is 4.60. The van der Waals surface area contributed by atoms with Crippen molar-refractivity contribution in [3.05, 3.63) is 88.1 Å². The maximum atomic E-state index is 12.4. The molecule has 0 unspecified atom stereocenters. The zero-order valence-corrected chi connectivity index (χ0v) is 16.8. The van der Waals surface area contributed by atoms with Crippen LogP contribution < -0.4 is 10.7 Å². The third-order valence-corrected chi connectivity index (χ3v) is 5.84. The van der Waals surface area contributed by atoms with E-state index in [2.05, 4.69) is 28.0 Å². The number of anilines is 1. The number of carbonyl (C=O) groups is 2. The molecule has 1 saturated carbocycles. The van der Waals surface area contributed by atoms with E-state index in [9.17, 15) is 9.59 Å². The summed E-state index contributed by atoms with van der Waals surface area (Å²) in [5.74, 6) is 0.0638. The van der Waals surface area contributed by atoms with Gasteiger partial charge in [0, 0.05) is 11.6 Å². The molecule has 1 aliphatic rings. The summed E-state index contributed by atoms with van der Waals surface area (Å²) in [6.07, 6.45) is 0.856. The van der Waals surface area contributed by atoms with Gasteiger partial charge in [0.15, 0.2) is 0 Å². The highest BCUT2D eigenvalue weighted by Gasteiger charge is 2.43. The van der Waals surface area contributed by atoms with Gasteiger partial charge in [-0.05, 0) is 54.0 Å². The van der Waals surface area contributed by atoms with Crippen LogP contribution in [0.3, 0.4) is 0 Å². The first-order chi connectivity index (χ1) is 14.1. The minimum atomic E-state index is -0.138. The zero-order valence-electron chi connectivity index (χ0n) is 16.0. The molecule has 0 saturated heterocycles. The molecule has 0 spiro atoms. The molecular weight excluding hydrogens is 382 g/mol. The van der Waals surface area contributed by atoms with Gasteiger partial charge in [0.05, 0.1) is 10.6 Å². The lowest BCUT2D eigenvalue weighted by atomic mass is 10.1. The Hall–Kier alpha value is -3.25. The highest BCUT2D eigenvalue weighted by Crippen LogP contribution is 2.47. The Kier molecular flexibility index (Phi) is 5.53. The fraction of sp³-hybridized carbons (Fsp3) is 0.174. The molecule has 29 heavy (non-hydrogen) atoms. The van der Waals surface area contributed by atoms with Gasteiger partial charge < -0.3 is 5.32 Å². The molecule has 146 valence electrons. The summed E-state index contributed by atoms with van der Waals surface area (Å²) in [7, 11) is 0. The van der Waals surface area contributed by atoms with Crippen molar-refractivity contribution in [2.24, 2.45) is 11.0 Å². The molecule has 6 heteroatoms. The van der Waals surface area contributed by atoms with Crippen molar-refractivity contribution in [3.63, 3.8) is 0 Å². The lowest BCUT2D eigenvalue weighted by molar-refractivity contribution is -0.122. The SMILES string of the molecule is C/C(=N/NC(=O)[C@@H]1C[C@@H]1c1ccccc1)c1cccc(NC(=O)c2cccs2)c1. The van der Waals surface area contributed by atoms with Crippen molar-refractivity contribution in [2.45, 2.75) is 19.3 Å². The first-order valence-corrected chi connectivity index (χ1v) is 10.3. The minimum Gasteiger partial charge on any atom is -0.321 e. The highest BCUT2D eigenvalue weighted by molar-refractivity contribution is 7.12. The highest BCUT2D eigenvalue weighted by atomic mass is 32.1. The van der Waals surface area contributed by atoms with Crippen LogP contribution in [0.25, 0.3) is 0 Å². The van der Waals surface area contributed by atoms with Crippen molar-refractivity contribution in [3.8, 4) is 0 Å². The van der Waals surface area contributed by atoms with Crippen LogP contribution in [0, 0.1) is 5.92 Å². The smallest absolute Gasteiger partial charge is 0.265 e. The van der Waals surface area contributed by atoms with Crippen LogP contribution in [0.4, 0.5) is 5.69 Å². The molecule has 1 fully saturated rings. The van der Waals surface area contributed by atoms with Gasteiger partial charge in [-0.15, -0.1) is 11.3 Å². The molecule has 1 aromatic heterocycles. The van der Waals surface area contributed by atoms with Crippen molar-refractivity contribution >= 4 is 34.6 Å². The summed E-state index contributed by atoms with van der Waals surface area (Å²) >= 11 is 1.40. The molecule has 1 aliphatic carbocycles. The van der Waals surface area contributed by atoms with E-state index in [1.807, 2.05) is 60.8 Å². The number of hydrogen-bond donors (Lipinski definition) is 2. The number of nitrogens with one attached hydrogen (secondary N) is 2. The predicted molar refractivity (Wildman–Crippen MR) is 116 cm³/mol. The van der Waals surface area contributed by atoms with Crippen LogP contribution in [-0.4, -0.2) is 17.5 Å². The Morgan fingerprint density at radius 2 is 1.86 bits per heavy atom. The molecule has 0 aliphatic heterocycles. The molecule has 2 aromatic carbocycles. The predicted octanol–water partition coefficient (Wildman–Crippen LogP) is 4.64. The monoisotopic (exact) mass is 403 g/mol. The Morgan fingerprint density at radius 3 is 2.62 bits per heavy atom. The summed E-state index contributed by atoms with van der Waals surface area (Å²) in [6, 6.07) is 21.1. The van der Waals surface area contributed by atoms with Gasteiger partial charge in [0.25, 0.3) is 5.91 Å². The maximum Gasteiger partial charge on any atom is 0.265 e.